The summed E-state index contributed by atoms with van der Waals surface area (Å²) in [5.41, 5.74) is 3.76. The normalized spacial score (nSPS) is 10.9. The maximum atomic E-state index is 12.7. The molecule has 11 heteroatoms. The topological polar surface area (TPSA) is 129 Å². The van der Waals surface area contributed by atoms with Gasteiger partial charge in [0.25, 0.3) is 0 Å². The van der Waals surface area contributed by atoms with Crippen molar-refractivity contribution in [2.24, 2.45) is 7.05 Å². The molecule has 0 atom stereocenters. The van der Waals surface area contributed by atoms with Crippen molar-refractivity contribution in [1.82, 2.24) is 24.7 Å². The number of anilines is 3. The fraction of sp³-hybridized carbons (Fsp3) is 0.192. The number of aromatic nitrogens is 5. The molecule has 0 radical (unpaired) electrons. The number of hydrogen-bond donors (Lipinski definition) is 2. The molecule has 0 saturated carbocycles. The third kappa shape index (κ3) is 5.06. The number of aryl methyl sites for hydroxylation is 1. The number of rotatable bonds is 9. The summed E-state index contributed by atoms with van der Waals surface area (Å²) in [5, 5.41) is 10.5. The molecule has 37 heavy (non-hydrogen) atoms. The molecule has 5 rings (SSSR count). The third-order valence-electron chi connectivity index (χ3n) is 5.49. The number of methoxy groups -OCH3 is 1. The molecule has 2 N–H and O–H groups in total. The molecule has 3 heterocycles. The lowest BCUT2D eigenvalue weighted by Crippen LogP contribution is -2.13. The SMILES string of the molecule is CCOC(=O)c1cnc(NCc2cnn(C)c2)nc1Nc1cccc(-c2nc3ccccc3o2)c1OC. The molecule has 11 nitrogen and oxygen atoms in total. The summed E-state index contributed by atoms with van der Waals surface area (Å²) < 4.78 is 18.6. The zero-order valence-electron chi connectivity index (χ0n) is 20.6. The monoisotopic (exact) mass is 499 g/mol. The minimum atomic E-state index is -0.544. The number of fused-ring (bicyclic) bond motifs is 1. The highest BCUT2D eigenvalue weighted by atomic mass is 16.5. The van der Waals surface area contributed by atoms with E-state index >= 15 is 0 Å². The van der Waals surface area contributed by atoms with Crippen LogP contribution in [0.25, 0.3) is 22.6 Å². The zero-order valence-corrected chi connectivity index (χ0v) is 20.6. The van der Waals surface area contributed by atoms with Crippen LogP contribution in [-0.2, 0) is 18.3 Å². The maximum absolute atomic E-state index is 12.7. The molecule has 5 aromatic rings. The van der Waals surface area contributed by atoms with Crippen LogP contribution in [0, 0.1) is 0 Å². The van der Waals surface area contributed by atoms with Crippen LogP contribution >= 0.6 is 0 Å². The second-order valence-electron chi connectivity index (χ2n) is 8.05. The van der Waals surface area contributed by atoms with E-state index in [-0.39, 0.29) is 18.0 Å². The molecule has 0 aliphatic carbocycles. The first-order valence-electron chi connectivity index (χ1n) is 11.6. The van der Waals surface area contributed by atoms with Crippen molar-refractivity contribution in [2.45, 2.75) is 13.5 Å². The number of carbonyl (C=O) groups is 1. The van der Waals surface area contributed by atoms with Gasteiger partial charge in [0, 0.05) is 31.5 Å². The molecule has 188 valence electrons. The van der Waals surface area contributed by atoms with E-state index in [9.17, 15) is 4.79 Å². The number of esters is 1. The summed E-state index contributed by atoms with van der Waals surface area (Å²) in [6.07, 6.45) is 5.07. The van der Waals surface area contributed by atoms with Gasteiger partial charge in [0.05, 0.1) is 31.2 Å². The van der Waals surface area contributed by atoms with Crippen LogP contribution < -0.4 is 15.4 Å². The van der Waals surface area contributed by atoms with Gasteiger partial charge in [-0.25, -0.2) is 14.8 Å². The van der Waals surface area contributed by atoms with Gasteiger partial charge in [-0.1, -0.05) is 18.2 Å². The van der Waals surface area contributed by atoms with Gasteiger partial charge in [0.15, 0.2) is 17.2 Å². The molecule has 0 unspecified atom stereocenters. The predicted octanol–water partition coefficient (Wildman–Crippen LogP) is 4.56. The van der Waals surface area contributed by atoms with E-state index in [1.165, 1.54) is 6.20 Å². The Morgan fingerprint density at radius 2 is 1.97 bits per heavy atom. The molecule has 0 amide bonds. The highest BCUT2D eigenvalue weighted by Gasteiger charge is 2.21. The van der Waals surface area contributed by atoms with Crippen molar-refractivity contribution < 1.29 is 18.7 Å². The zero-order chi connectivity index (χ0) is 25.8. The van der Waals surface area contributed by atoms with Gasteiger partial charge in [-0.3, -0.25) is 4.68 Å². The van der Waals surface area contributed by atoms with Gasteiger partial charge in [-0.05, 0) is 31.2 Å². The standard InChI is InChI=1S/C26H25N7O4/c1-4-36-25(34)18-14-28-26(27-12-16-13-29-33(2)15-16)32-23(18)30-20-10-7-8-17(22(20)35-3)24-31-19-9-5-6-11-21(19)37-24/h5-11,13-15H,4,12H2,1-3H3,(H2,27,28,30,32). The fourth-order valence-corrected chi connectivity index (χ4v) is 3.80. The lowest BCUT2D eigenvalue weighted by molar-refractivity contribution is 0.0526. The van der Waals surface area contributed by atoms with Gasteiger partial charge < -0.3 is 24.5 Å². The summed E-state index contributed by atoms with van der Waals surface area (Å²) in [6.45, 7) is 2.42. The first-order valence-corrected chi connectivity index (χ1v) is 11.6. The predicted molar refractivity (Wildman–Crippen MR) is 138 cm³/mol. The summed E-state index contributed by atoms with van der Waals surface area (Å²) in [7, 11) is 3.40. The second-order valence-corrected chi connectivity index (χ2v) is 8.05. The average molecular weight is 500 g/mol. The number of ether oxygens (including phenoxy) is 2. The van der Waals surface area contributed by atoms with Crippen LogP contribution in [0.2, 0.25) is 0 Å². The van der Waals surface area contributed by atoms with E-state index < -0.39 is 5.97 Å². The van der Waals surface area contributed by atoms with Crippen molar-refractivity contribution in [3.8, 4) is 17.2 Å². The first-order chi connectivity index (χ1) is 18.1. The van der Waals surface area contributed by atoms with Crippen LogP contribution in [0.15, 0.2) is 65.5 Å². The number of oxazole rings is 1. The number of carbonyl (C=O) groups excluding carboxylic acids is 1. The molecular weight excluding hydrogens is 474 g/mol. The van der Waals surface area contributed by atoms with Crippen molar-refractivity contribution >= 4 is 34.5 Å². The van der Waals surface area contributed by atoms with E-state index in [0.29, 0.717) is 41.0 Å². The number of benzene rings is 2. The van der Waals surface area contributed by atoms with Crippen molar-refractivity contribution in [3.05, 3.63) is 72.2 Å². The van der Waals surface area contributed by atoms with Crippen LogP contribution in [0.3, 0.4) is 0 Å². The number of hydrogen-bond acceptors (Lipinski definition) is 10. The minimum absolute atomic E-state index is 0.183. The Kier molecular flexibility index (Phi) is 6.66. The second kappa shape index (κ2) is 10.4. The van der Waals surface area contributed by atoms with Gasteiger partial charge >= 0.3 is 5.97 Å². The minimum Gasteiger partial charge on any atom is -0.494 e. The summed E-state index contributed by atoms with van der Waals surface area (Å²) in [6, 6.07) is 13.0. The van der Waals surface area contributed by atoms with Gasteiger partial charge in [0.1, 0.15) is 11.1 Å². The molecule has 0 saturated heterocycles. The van der Waals surface area contributed by atoms with Gasteiger partial charge in [0.2, 0.25) is 11.8 Å². The van der Waals surface area contributed by atoms with E-state index in [1.807, 2.05) is 55.7 Å². The first kappa shape index (κ1) is 23.8. The Morgan fingerprint density at radius 3 is 2.73 bits per heavy atom. The molecule has 0 fully saturated rings. The van der Waals surface area contributed by atoms with E-state index in [1.54, 1.807) is 24.9 Å². The molecule has 2 aromatic carbocycles. The average Bonchev–Trinajstić information content (AvgIpc) is 3.53. The summed E-state index contributed by atoms with van der Waals surface area (Å²) in [4.78, 5) is 26.1. The Morgan fingerprint density at radius 1 is 1.11 bits per heavy atom. The number of nitrogens with zero attached hydrogens (tertiary/aromatic N) is 5. The highest BCUT2D eigenvalue weighted by molar-refractivity contribution is 5.96. The van der Waals surface area contributed by atoms with Crippen LogP contribution in [0.5, 0.6) is 5.75 Å². The highest BCUT2D eigenvalue weighted by Crippen LogP contribution is 2.38. The van der Waals surface area contributed by atoms with Crippen molar-refractivity contribution in [3.63, 3.8) is 0 Å². The molecule has 0 aliphatic heterocycles. The van der Waals surface area contributed by atoms with Crippen LogP contribution in [-0.4, -0.2) is 44.4 Å². The lowest BCUT2D eigenvalue weighted by atomic mass is 10.1. The summed E-state index contributed by atoms with van der Waals surface area (Å²) in [5.74, 6) is 0.933. The van der Waals surface area contributed by atoms with Crippen LogP contribution in [0.4, 0.5) is 17.5 Å². The molecular formula is C26H25N7O4. The van der Waals surface area contributed by atoms with Crippen LogP contribution in [0.1, 0.15) is 22.8 Å². The largest absolute Gasteiger partial charge is 0.494 e. The quantitative estimate of drug-likeness (QED) is 0.278. The number of nitrogens with one attached hydrogen (secondary N) is 2. The van der Waals surface area contributed by atoms with E-state index in [4.69, 9.17) is 13.9 Å². The van der Waals surface area contributed by atoms with Gasteiger partial charge in [-0.15, -0.1) is 0 Å². The van der Waals surface area contributed by atoms with Gasteiger partial charge in [-0.2, -0.15) is 10.1 Å². The van der Waals surface area contributed by atoms with E-state index in [0.717, 1.165) is 11.1 Å². The number of para-hydroxylation sites is 3. The molecule has 0 aliphatic rings. The maximum Gasteiger partial charge on any atom is 0.343 e. The Hall–Kier alpha value is -4.93. The van der Waals surface area contributed by atoms with E-state index in [2.05, 4.69) is 30.7 Å². The summed E-state index contributed by atoms with van der Waals surface area (Å²) >= 11 is 0. The Balaban J connectivity index is 1.50. The lowest BCUT2D eigenvalue weighted by Gasteiger charge is -2.16. The molecule has 0 bridgehead atoms. The van der Waals surface area contributed by atoms with Crippen molar-refractivity contribution in [1.29, 1.82) is 0 Å². The fourth-order valence-electron chi connectivity index (χ4n) is 3.80. The Bertz CT molecular complexity index is 1530. The molecule has 3 aromatic heterocycles. The third-order valence-corrected chi connectivity index (χ3v) is 5.49. The Labute approximate surface area is 212 Å². The smallest absolute Gasteiger partial charge is 0.343 e. The van der Waals surface area contributed by atoms with Crippen molar-refractivity contribution in [2.75, 3.05) is 24.4 Å². The molecule has 0 spiro atoms.